The van der Waals surface area contributed by atoms with Crippen LogP contribution >= 0.6 is 15.6 Å². The van der Waals surface area contributed by atoms with E-state index in [1.807, 2.05) is 18.2 Å². The van der Waals surface area contributed by atoms with Gasteiger partial charge in [-0.2, -0.15) is 0 Å². The van der Waals surface area contributed by atoms with Crippen LogP contribution in [-0.2, 0) is 65.4 Å². The Hall–Kier alpha value is -3.76. The quantitative estimate of drug-likeness (QED) is 0.0169. The number of aliphatic hydroxyl groups excluding tert-OH is 1. The van der Waals surface area contributed by atoms with Crippen LogP contribution in [0, 0.1) is 0 Å². The molecule has 0 aliphatic carbocycles. The second kappa shape index (κ2) is 71.6. The maximum Gasteiger partial charge on any atom is 0.472 e. The predicted octanol–water partition coefficient (Wildman–Crippen LogP) is 22.2. The monoisotopic (exact) mass is 1420 g/mol. The normalized spacial score (nSPS) is 14.4. The van der Waals surface area contributed by atoms with E-state index in [1.54, 1.807) is 0 Å². The van der Waals surface area contributed by atoms with Gasteiger partial charge in [-0.3, -0.25) is 37.3 Å². The first-order valence-electron chi connectivity index (χ1n) is 38.8. The minimum Gasteiger partial charge on any atom is -0.462 e. The SMILES string of the molecule is CC/C=C\C/C=C\C/C=C\C/C=C\C/C=C\C/C=C\CCC(=O)OCC(COP(=O)(O)OCC(O)COP(=O)(O)OCC(COC(=O)CCCCCCCCCCCCCCCCC)OC(=O)CCCCCCC/C=C\CCCCCC)OC(=O)CCCCCCCCCCCCC. The minimum absolute atomic E-state index is 0.0388. The van der Waals surface area contributed by atoms with Gasteiger partial charge >= 0.3 is 39.5 Å². The van der Waals surface area contributed by atoms with Crippen molar-refractivity contribution in [3.8, 4) is 0 Å². The van der Waals surface area contributed by atoms with Crippen molar-refractivity contribution in [1.82, 2.24) is 0 Å². The fourth-order valence-electron chi connectivity index (χ4n) is 10.5. The van der Waals surface area contributed by atoms with E-state index in [0.29, 0.717) is 32.1 Å². The molecule has 0 saturated heterocycles. The molecule has 0 rings (SSSR count). The topological polar surface area (TPSA) is 237 Å². The van der Waals surface area contributed by atoms with Crippen LogP contribution in [0.5, 0.6) is 0 Å². The molecule has 0 heterocycles. The lowest BCUT2D eigenvalue weighted by atomic mass is 10.0. The van der Waals surface area contributed by atoms with Crippen LogP contribution in [0.25, 0.3) is 0 Å². The van der Waals surface area contributed by atoms with Crippen molar-refractivity contribution < 1.29 is 80.2 Å². The molecule has 568 valence electrons. The molecule has 0 aromatic carbocycles. The number of rotatable bonds is 73. The Balaban J connectivity index is 5.34. The van der Waals surface area contributed by atoms with Crippen molar-refractivity contribution in [1.29, 1.82) is 0 Å². The van der Waals surface area contributed by atoms with E-state index in [2.05, 4.69) is 94.5 Å². The molecular weight excluding hydrogens is 1280 g/mol. The van der Waals surface area contributed by atoms with Crippen LogP contribution in [0.2, 0.25) is 0 Å². The number of phosphoric acid groups is 2. The Morgan fingerprint density at radius 2 is 0.551 bits per heavy atom. The average molecular weight is 1420 g/mol. The Kier molecular flexibility index (Phi) is 68.9. The Morgan fingerprint density at radius 3 is 0.888 bits per heavy atom. The van der Waals surface area contributed by atoms with Gasteiger partial charge in [-0.1, -0.05) is 305 Å². The number of aliphatic hydroxyl groups is 1. The second-order valence-electron chi connectivity index (χ2n) is 25.9. The Labute approximate surface area is 595 Å². The van der Waals surface area contributed by atoms with E-state index in [4.69, 9.17) is 37.0 Å². The summed E-state index contributed by atoms with van der Waals surface area (Å²) in [5.74, 6) is -2.26. The number of carbonyl (C=O) groups excluding carboxylic acids is 4. The van der Waals surface area contributed by atoms with Gasteiger partial charge in [-0.25, -0.2) is 9.13 Å². The molecule has 0 saturated carbocycles. The molecule has 3 N–H and O–H groups in total. The first kappa shape index (κ1) is 94.2. The van der Waals surface area contributed by atoms with Gasteiger partial charge in [0.1, 0.15) is 19.3 Å². The van der Waals surface area contributed by atoms with E-state index in [1.165, 1.54) is 135 Å². The average Bonchev–Trinajstić information content (AvgIpc) is 1.00. The Morgan fingerprint density at radius 1 is 0.296 bits per heavy atom. The van der Waals surface area contributed by atoms with Gasteiger partial charge < -0.3 is 33.8 Å². The molecule has 0 amide bonds. The summed E-state index contributed by atoms with van der Waals surface area (Å²) in [6.45, 7) is 4.69. The number of carbonyl (C=O) groups is 4. The van der Waals surface area contributed by atoms with Crippen LogP contribution in [0.15, 0.2) is 85.1 Å². The molecule has 0 fully saturated rings. The number of phosphoric ester groups is 2. The lowest BCUT2D eigenvalue weighted by Gasteiger charge is -2.21. The molecule has 19 heteroatoms. The highest BCUT2D eigenvalue weighted by Gasteiger charge is 2.30. The molecule has 0 aliphatic rings. The number of unbranched alkanes of at least 4 members (excludes halogenated alkanes) is 33. The van der Waals surface area contributed by atoms with Gasteiger partial charge in [-0.15, -0.1) is 0 Å². The largest absolute Gasteiger partial charge is 0.472 e. The molecule has 0 spiro atoms. The number of allylic oxidation sites excluding steroid dienone is 14. The van der Waals surface area contributed by atoms with Gasteiger partial charge in [0.25, 0.3) is 0 Å². The summed E-state index contributed by atoms with van der Waals surface area (Å²) in [6.07, 6.45) is 73.0. The van der Waals surface area contributed by atoms with Crippen LogP contribution in [0.4, 0.5) is 0 Å². The zero-order chi connectivity index (χ0) is 71.8. The lowest BCUT2D eigenvalue weighted by molar-refractivity contribution is -0.161. The zero-order valence-electron chi connectivity index (χ0n) is 62.0. The number of hydrogen-bond acceptors (Lipinski definition) is 15. The maximum absolute atomic E-state index is 13.1. The first-order valence-corrected chi connectivity index (χ1v) is 41.8. The molecular formula is C79H140O17P2. The van der Waals surface area contributed by atoms with E-state index in [0.717, 1.165) is 116 Å². The summed E-state index contributed by atoms with van der Waals surface area (Å²) in [5, 5.41) is 10.6. The van der Waals surface area contributed by atoms with Gasteiger partial charge in [0.05, 0.1) is 26.4 Å². The smallest absolute Gasteiger partial charge is 0.462 e. The summed E-state index contributed by atoms with van der Waals surface area (Å²) < 4.78 is 68.4. The highest BCUT2D eigenvalue weighted by molar-refractivity contribution is 7.47. The van der Waals surface area contributed by atoms with Crippen molar-refractivity contribution >= 4 is 39.5 Å². The van der Waals surface area contributed by atoms with E-state index < -0.39 is 97.5 Å². The number of hydrogen-bond donors (Lipinski definition) is 3. The summed E-state index contributed by atoms with van der Waals surface area (Å²) >= 11 is 0. The van der Waals surface area contributed by atoms with Gasteiger partial charge in [-0.05, 0) is 89.9 Å². The molecule has 0 aliphatic heterocycles. The first-order chi connectivity index (χ1) is 47.7. The summed E-state index contributed by atoms with van der Waals surface area (Å²) in [4.78, 5) is 72.8. The van der Waals surface area contributed by atoms with E-state index in [-0.39, 0.29) is 25.7 Å². The third kappa shape index (κ3) is 70.7. The molecule has 0 aromatic rings. The van der Waals surface area contributed by atoms with Crippen LogP contribution in [0.1, 0.15) is 336 Å². The van der Waals surface area contributed by atoms with Crippen molar-refractivity contribution in [2.24, 2.45) is 0 Å². The lowest BCUT2D eigenvalue weighted by Crippen LogP contribution is -2.30. The minimum atomic E-state index is -4.98. The van der Waals surface area contributed by atoms with Crippen LogP contribution in [0.3, 0.4) is 0 Å². The standard InChI is InChI=1S/C79H140O17P2/c1-5-9-13-17-21-25-29-32-34-35-36-37-39-42-45-48-52-56-60-64-77(82)89-69-74(95-78(83)65-61-57-53-49-43-28-24-20-16-12-8-4)71-93-97(85,86)91-67-73(80)68-92-98(87,88)94-72-75(96-79(84)66-62-58-54-50-46-40-31-27-23-19-15-11-7-3)70-90-76(81)63-59-55-51-47-44-41-38-33-30-26-22-18-14-10-6-2/h9,13,21,25,27,31-32,34,36-37,42,45,52,56,73-75,80H,5-8,10-12,14-20,22-24,26,28-30,33,35,38-41,43-44,46-51,53-55,57-72H2,1-4H3,(H,85,86)(H,87,88)/b13-9-,25-21-,31-27-,34-32-,37-36-,45-42-,56-52-. The highest BCUT2D eigenvalue weighted by Crippen LogP contribution is 2.45. The summed E-state index contributed by atoms with van der Waals surface area (Å²) in [7, 11) is -9.96. The van der Waals surface area contributed by atoms with Crippen LogP contribution in [-0.4, -0.2) is 96.7 Å². The van der Waals surface area contributed by atoms with E-state index in [9.17, 15) is 43.2 Å². The third-order valence-corrected chi connectivity index (χ3v) is 18.3. The van der Waals surface area contributed by atoms with Gasteiger partial charge in [0, 0.05) is 25.7 Å². The maximum atomic E-state index is 13.1. The van der Waals surface area contributed by atoms with Crippen molar-refractivity contribution in [2.75, 3.05) is 39.6 Å². The number of ether oxygens (including phenoxy) is 4. The summed E-state index contributed by atoms with van der Waals surface area (Å²) in [6, 6.07) is 0. The van der Waals surface area contributed by atoms with Gasteiger partial charge in [0.15, 0.2) is 12.2 Å². The molecule has 0 bridgehead atoms. The predicted molar refractivity (Wildman–Crippen MR) is 399 cm³/mol. The van der Waals surface area contributed by atoms with Crippen molar-refractivity contribution in [2.45, 2.75) is 354 Å². The fraction of sp³-hybridized carbons (Fsp3) is 0.772. The van der Waals surface area contributed by atoms with Crippen molar-refractivity contribution in [3.05, 3.63) is 85.1 Å². The van der Waals surface area contributed by atoms with E-state index >= 15 is 0 Å². The molecule has 5 unspecified atom stereocenters. The number of esters is 4. The molecule has 0 aromatic heterocycles. The van der Waals surface area contributed by atoms with Gasteiger partial charge in [0.2, 0.25) is 0 Å². The van der Waals surface area contributed by atoms with Crippen molar-refractivity contribution in [3.63, 3.8) is 0 Å². The molecule has 5 atom stereocenters. The zero-order valence-corrected chi connectivity index (χ0v) is 63.7. The molecule has 98 heavy (non-hydrogen) atoms. The molecule has 0 radical (unpaired) electrons. The third-order valence-electron chi connectivity index (χ3n) is 16.4. The Bertz CT molecular complexity index is 2190. The second-order valence-corrected chi connectivity index (χ2v) is 28.8. The van der Waals surface area contributed by atoms with Crippen LogP contribution < -0.4 is 0 Å². The highest BCUT2D eigenvalue weighted by atomic mass is 31.2. The molecule has 17 nitrogen and oxygen atoms in total. The summed E-state index contributed by atoms with van der Waals surface area (Å²) in [5.41, 5.74) is 0. The fourth-order valence-corrected chi connectivity index (χ4v) is 12.1.